The minimum atomic E-state index is -0.674. The molecule has 1 saturated heterocycles. The highest BCUT2D eigenvalue weighted by atomic mass is 16.6. The molecule has 1 heterocycles. The summed E-state index contributed by atoms with van der Waals surface area (Å²) in [6, 6.07) is -0.674. The summed E-state index contributed by atoms with van der Waals surface area (Å²) in [4.78, 5) is 11.7. The summed E-state index contributed by atoms with van der Waals surface area (Å²) < 4.78 is 10.6. The quantitative estimate of drug-likeness (QED) is 0.301. The van der Waals surface area contributed by atoms with Crippen LogP contribution in [0.2, 0.25) is 0 Å². The summed E-state index contributed by atoms with van der Waals surface area (Å²) in [5, 5.41) is 14.2. The zero-order chi connectivity index (χ0) is 13.8. The van der Waals surface area contributed by atoms with E-state index >= 15 is 0 Å². The lowest BCUT2D eigenvalue weighted by Crippen LogP contribution is -2.52. The number of carbonyl (C=O) groups is 1. The minimum Gasteiger partial charge on any atom is -0.444 e. The molecular formula is C11H21N3O4. The van der Waals surface area contributed by atoms with Gasteiger partial charge in [-0.2, -0.15) is 0 Å². The number of alkyl carbamates (subject to hydrolysis) is 1. The summed E-state index contributed by atoms with van der Waals surface area (Å²) in [7, 11) is 0. The van der Waals surface area contributed by atoms with Gasteiger partial charge in [-0.1, -0.05) is 5.16 Å². The van der Waals surface area contributed by atoms with Crippen LogP contribution < -0.4 is 11.1 Å². The van der Waals surface area contributed by atoms with Crippen LogP contribution in [-0.2, 0) is 9.47 Å². The standard InChI is InChI=1S/C11H21N3O4/c1-11(2,3)18-10(15)13-8(9(12)14-16)7-5-4-6-17-7/h7-8,16H,4-6H2,1-3H3,(H2,12,14)(H,13,15). The van der Waals surface area contributed by atoms with E-state index in [1.165, 1.54) is 0 Å². The summed E-state index contributed by atoms with van der Waals surface area (Å²) in [5.41, 5.74) is 4.96. The average molecular weight is 259 g/mol. The molecule has 0 spiro atoms. The predicted molar refractivity (Wildman–Crippen MR) is 65.5 cm³/mol. The number of nitrogens with zero attached hydrogens (tertiary/aromatic N) is 1. The molecule has 0 bridgehead atoms. The van der Waals surface area contributed by atoms with Gasteiger partial charge >= 0.3 is 6.09 Å². The Morgan fingerprint density at radius 2 is 2.28 bits per heavy atom. The summed E-state index contributed by atoms with van der Waals surface area (Å²) in [6.45, 7) is 5.89. The third-order valence-corrected chi connectivity index (χ3v) is 2.44. The van der Waals surface area contributed by atoms with Crippen LogP contribution in [-0.4, -0.2) is 41.5 Å². The van der Waals surface area contributed by atoms with E-state index in [1.54, 1.807) is 20.8 Å². The van der Waals surface area contributed by atoms with Crippen LogP contribution in [0.1, 0.15) is 33.6 Å². The van der Waals surface area contributed by atoms with Crippen molar-refractivity contribution in [2.24, 2.45) is 10.9 Å². The van der Waals surface area contributed by atoms with Gasteiger partial charge in [0.05, 0.1) is 6.10 Å². The van der Waals surface area contributed by atoms with Crippen molar-refractivity contribution in [2.75, 3.05) is 6.61 Å². The van der Waals surface area contributed by atoms with Gasteiger partial charge < -0.3 is 25.7 Å². The maximum atomic E-state index is 11.7. The Labute approximate surface area is 106 Å². The molecule has 1 aliphatic heterocycles. The third-order valence-electron chi connectivity index (χ3n) is 2.44. The first-order valence-corrected chi connectivity index (χ1v) is 5.92. The molecule has 7 nitrogen and oxygen atoms in total. The molecule has 0 aromatic rings. The number of rotatable bonds is 3. The predicted octanol–water partition coefficient (Wildman–Crippen LogP) is 0.805. The second-order valence-electron chi connectivity index (χ2n) is 5.20. The van der Waals surface area contributed by atoms with Crippen LogP contribution >= 0.6 is 0 Å². The van der Waals surface area contributed by atoms with Crippen molar-refractivity contribution in [1.29, 1.82) is 0 Å². The molecule has 18 heavy (non-hydrogen) atoms. The molecule has 7 heteroatoms. The Kier molecular flexibility index (Phi) is 4.77. The van der Waals surface area contributed by atoms with Gasteiger partial charge in [0.25, 0.3) is 0 Å². The molecule has 1 aliphatic rings. The van der Waals surface area contributed by atoms with Crippen LogP contribution in [0.15, 0.2) is 5.16 Å². The van der Waals surface area contributed by atoms with Gasteiger partial charge in [0.2, 0.25) is 0 Å². The van der Waals surface area contributed by atoms with Crippen molar-refractivity contribution in [3.63, 3.8) is 0 Å². The molecule has 1 amide bonds. The number of hydrogen-bond donors (Lipinski definition) is 3. The van der Waals surface area contributed by atoms with Crippen molar-refractivity contribution in [2.45, 2.75) is 51.4 Å². The fourth-order valence-corrected chi connectivity index (χ4v) is 1.72. The molecule has 104 valence electrons. The van der Waals surface area contributed by atoms with E-state index in [-0.39, 0.29) is 11.9 Å². The molecule has 2 unspecified atom stereocenters. The summed E-state index contributed by atoms with van der Waals surface area (Å²) in [5.74, 6) is -0.0900. The van der Waals surface area contributed by atoms with Crippen LogP contribution in [0.5, 0.6) is 0 Å². The van der Waals surface area contributed by atoms with E-state index < -0.39 is 17.7 Å². The first-order valence-electron chi connectivity index (χ1n) is 5.92. The van der Waals surface area contributed by atoms with Gasteiger partial charge in [0, 0.05) is 6.61 Å². The van der Waals surface area contributed by atoms with E-state index in [4.69, 9.17) is 20.4 Å². The van der Waals surface area contributed by atoms with Gasteiger partial charge in [0.1, 0.15) is 11.6 Å². The fraction of sp³-hybridized carbons (Fsp3) is 0.818. The lowest BCUT2D eigenvalue weighted by atomic mass is 10.1. The van der Waals surface area contributed by atoms with Gasteiger partial charge in [-0.3, -0.25) is 0 Å². The smallest absolute Gasteiger partial charge is 0.408 e. The zero-order valence-corrected chi connectivity index (χ0v) is 11.0. The Balaban J connectivity index is 2.64. The number of amides is 1. The number of ether oxygens (including phenoxy) is 2. The number of nitrogens with one attached hydrogen (secondary N) is 1. The zero-order valence-electron chi connectivity index (χ0n) is 11.0. The van der Waals surface area contributed by atoms with E-state index in [1.807, 2.05) is 0 Å². The van der Waals surface area contributed by atoms with Crippen LogP contribution in [0.3, 0.4) is 0 Å². The summed E-state index contributed by atoms with van der Waals surface area (Å²) >= 11 is 0. The molecule has 0 radical (unpaired) electrons. The molecule has 1 rings (SSSR count). The SMILES string of the molecule is CC(C)(C)OC(=O)NC(/C(N)=N/O)C1CCCO1. The van der Waals surface area contributed by atoms with Crippen molar-refractivity contribution in [1.82, 2.24) is 5.32 Å². The molecule has 0 saturated carbocycles. The Bertz CT molecular complexity index is 319. The Hall–Kier alpha value is -1.50. The Morgan fingerprint density at radius 1 is 1.61 bits per heavy atom. The molecule has 2 atom stereocenters. The second kappa shape index (κ2) is 5.90. The van der Waals surface area contributed by atoms with Crippen LogP contribution in [0.4, 0.5) is 4.79 Å². The van der Waals surface area contributed by atoms with Crippen molar-refractivity contribution >= 4 is 11.9 Å². The fourth-order valence-electron chi connectivity index (χ4n) is 1.72. The number of amidine groups is 1. The number of oxime groups is 1. The highest BCUT2D eigenvalue weighted by Crippen LogP contribution is 2.16. The largest absolute Gasteiger partial charge is 0.444 e. The second-order valence-corrected chi connectivity index (χ2v) is 5.20. The van der Waals surface area contributed by atoms with Crippen molar-refractivity contribution in [3.8, 4) is 0 Å². The normalized spacial score (nSPS) is 22.6. The first-order chi connectivity index (χ1) is 8.33. The van der Waals surface area contributed by atoms with Crippen molar-refractivity contribution in [3.05, 3.63) is 0 Å². The van der Waals surface area contributed by atoms with Crippen LogP contribution in [0.25, 0.3) is 0 Å². The number of nitrogens with two attached hydrogens (primary N) is 1. The van der Waals surface area contributed by atoms with Crippen molar-refractivity contribution < 1.29 is 19.5 Å². The summed E-state index contributed by atoms with van der Waals surface area (Å²) in [6.07, 6.45) is 0.732. The van der Waals surface area contributed by atoms with E-state index in [0.29, 0.717) is 6.61 Å². The van der Waals surface area contributed by atoms with E-state index in [2.05, 4.69) is 10.5 Å². The topological polar surface area (TPSA) is 106 Å². The minimum absolute atomic E-state index is 0.0900. The third kappa shape index (κ3) is 4.40. The van der Waals surface area contributed by atoms with Crippen LogP contribution in [0, 0.1) is 0 Å². The van der Waals surface area contributed by atoms with Gasteiger partial charge in [0.15, 0.2) is 5.84 Å². The average Bonchev–Trinajstić information content (AvgIpc) is 2.75. The molecule has 1 fully saturated rings. The highest BCUT2D eigenvalue weighted by Gasteiger charge is 2.32. The molecule has 4 N–H and O–H groups in total. The molecule has 0 aromatic carbocycles. The lowest BCUT2D eigenvalue weighted by molar-refractivity contribution is 0.0427. The lowest BCUT2D eigenvalue weighted by Gasteiger charge is -2.25. The monoisotopic (exact) mass is 259 g/mol. The Morgan fingerprint density at radius 3 is 2.72 bits per heavy atom. The maximum absolute atomic E-state index is 11.7. The molecule has 0 aromatic heterocycles. The van der Waals surface area contributed by atoms with E-state index in [0.717, 1.165) is 12.8 Å². The number of carbonyl (C=O) groups excluding carboxylic acids is 1. The molecule has 0 aliphatic carbocycles. The van der Waals surface area contributed by atoms with Gasteiger partial charge in [-0.25, -0.2) is 4.79 Å². The highest BCUT2D eigenvalue weighted by molar-refractivity contribution is 5.89. The maximum Gasteiger partial charge on any atom is 0.408 e. The molecular weight excluding hydrogens is 238 g/mol. The first kappa shape index (κ1) is 14.6. The number of hydrogen-bond acceptors (Lipinski definition) is 5. The van der Waals surface area contributed by atoms with E-state index in [9.17, 15) is 4.79 Å². The van der Waals surface area contributed by atoms with Gasteiger partial charge in [-0.05, 0) is 33.6 Å². The van der Waals surface area contributed by atoms with Gasteiger partial charge in [-0.15, -0.1) is 0 Å².